The molecule has 0 aliphatic rings. The van der Waals surface area contributed by atoms with Gasteiger partial charge in [-0.2, -0.15) is 0 Å². The second-order valence-corrected chi connectivity index (χ2v) is 9.36. The number of unbranched alkanes of at least 4 members (excludes halogenated alkanes) is 1. The van der Waals surface area contributed by atoms with Crippen molar-refractivity contribution in [2.24, 2.45) is 0 Å². The largest absolute Gasteiger partial charge is 0.459 e. The Balaban J connectivity index is 2.41. The van der Waals surface area contributed by atoms with Crippen LogP contribution in [0.15, 0.2) is 77.6 Å². The van der Waals surface area contributed by atoms with Crippen LogP contribution in [0.1, 0.15) is 53.2 Å². The summed E-state index contributed by atoms with van der Waals surface area (Å²) in [7, 11) is 0. The van der Waals surface area contributed by atoms with Crippen molar-refractivity contribution in [1.29, 1.82) is 0 Å². The molecular formula is C28H31ClO3S. The topological polar surface area (TPSA) is 43.4 Å². The molecule has 5 heteroatoms. The molecule has 2 aromatic rings. The Kier molecular flexibility index (Phi) is 10.7. The van der Waals surface area contributed by atoms with Crippen LogP contribution in [0.4, 0.5) is 0 Å². The summed E-state index contributed by atoms with van der Waals surface area (Å²) in [5.74, 6) is -0.563. The maximum absolute atomic E-state index is 13.4. The minimum atomic E-state index is -0.473. The molecule has 0 unspecified atom stereocenters. The Hall–Kier alpha value is -2.56. The van der Waals surface area contributed by atoms with Gasteiger partial charge < -0.3 is 4.74 Å². The lowest BCUT2D eigenvalue weighted by atomic mass is 9.94. The van der Waals surface area contributed by atoms with Crippen molar-refractivity contribution in [1.82, 2.24) is 0 Å². The second-order valence-electron chi connectivity index (χ2n) is 7.87. The Morgan fingerprint density at radius 2 is 1.79 bits per heavy atom. The quantitative estimate of drug-likeness (QED) is 0.102. The molecule has 3 nitrogen and oxygen atoms in total. The van der Waals surface area contributed by atoms with E-state index < -0.39 is 5.97 Å². The fraction of sp³-hybridized carbons (Fsp3) is 0.286. The molecular weight excluding hydrogens is 452 g/mol. The van der Waals surface area contributed by atoms with E-state index in [1.165, 1.54) is 11.8 Å². The van der Waals surface area contributed by atoms with Gasteiger partial charge in [0.1, 0.15) is 6.10 Å². The third-order valence-corrected chi connectivity index (χ3v) is 6.68. The molecule has 0 fully saturated rings. The van der Waals surface area contributed by atoms with Gasteiger partial charge in [0.25, 0.3) is 0 Å². The van der Waals surface area contributed by atoms with Crippen molar-refractivity contribution >= 4 is 35.1 Å². The predicted molar refractivity (Wildman–Crippen MR) is 139 cm³/mol. The lowest BCUT2D eigenvalue weighted by Crippen LogP contribution is -2.19. The van der Waals surface area contributed by atoms with Crippen LogP contribution in [-0.2, 0) is 16.0 Å². The van der Waals surface area contributed by atoms with Crippen LogP contribution in [0.25, 0.3) is 0 Å². The lowest BCUT2D eigenvalue weighted by Gasteiger charge is -2.18. The molecule has 0 aromatic heterocycles. The molecule has 2 aromatic carbocycles. The summed E-state index contributed by atoms with van der Waals surface area (Å²) < 4.78 is 5.60. The Morgan fingerprint density at radius 1 is 1.09 bits per heavy atom. The van der Waals surface area contributed by atoms with E-state index in [2.05, 4.69) is 13.2 Å². The summed E-state index contributed by atoms with van der Waals surface area (Å²) in [5, 5.41) is 0.424. The summed E-state index contributed by atoms with van der Waals surface area (Å²) in [5.41, 5.74) is 2.44. The fourth-order valence-electron chi connectivity index (χ4n) is 3.43. The number of rotatable bonds is 12. The molecule has 174 valence electrons. The number of carbonyl (C=O) groups is 2. The summed E-state index contributed by atoms with van der Waals surface area (Å²) >= 11 is 8.05. The van der Waals surface area contributed by atoms with E-state index >= 15 is 0 Å². The number of aryl methyl sites for hydroxylation is 2. The van der Waals surface area contributed by atoms with Gasteiger partial charge >= 0.3 is 5.97 Å². The molecule has 0 aliphatic carbocycles. The Bertz CT molecular complexity index is 1040. The third-order valence-electron chi connectivity index (χ3n) is 5.03. The van der Waals surface area contributed by atoms with E-state index in [1.807, 2.05) is 69.3 Å². The number of esters is 1. The molecule has 0 saturated heterocycles. The highest BCUT2D eigenvalue weighted by atomic mass is 35.5. The van der Waals surface area contributed by atoms with Gasteiger partial charge in [-0.05, 0) is 62.4 Å². The molecule has 33 heavy (non-hydrogen) atoms. The highest BCUT2D eigenvalue weighted by Crippen LogP contribution is 2.33. The van der Waals surface area contributed by atoms with Gasteiger partial charge in [0.05, 0.1) is 10.5 Å². The third kappa shape index (κ3) is 7.76. The number of ether oxygens (including phenoxy) is 1. The Labute approximate surface area is 206 Å². The number of benzene rings is 2. The van der Waals surface area contributed by atoms with E-state index in [9.17, 15) is 9.59 Å². The van der Waals surface area contributed by atoms with Crippen LogP contribution in [0, 0.1) is 13.8 Å². The first-order valence-corrected chi connectivity index (χ1v) is 12.2. The van der Waals surface area contributed by atoms with E-state index in [4.69, 9.17) is 16.3 Å². The van der Waals surface area contributed by atoms with Crippen LogP contribution >= 0.6 is 23.4 Å². The average Bonchev–Trinajstić information content (AvgIpc) is 2.77. The maximum atomic E-state index is 13.4. The number of halogens is 1. The minimum absolute atomic E-state index is 0.0153. The van der Waals surface area contributed by atoms with Crippen molar-refractivity contribution < 1.29 is 14.3 Å². The molecule has 0 radical (unpaired) electrons. The molecule has 0 N–H and O–H groups in total. The van der Waals surface area contributed by atoms with Gasteiger partial charge in [-0.1, -0.05) is 65.9 Å². The van der Waals surface area contributed by atoms with Crippen LogP contribution in [0.3, 0.4) is 0 Å². The van der Waals surface area contributed by atoms with Crippen LogP contribution in [0.5, 0.6) is 0 Å². The van der Waals surface area contributed by atoms with Gasteiger partial charge in [-0.3, -0.25) is 4.79 Å². The van der Waals surface area contributed by atoms with Crippen molar-refractivity contribution in [3.63, 3.8) is 0 Å². The van der Waals surface area contributed by atoms with E-state index in [0.29, 0.717) is 33.9 Å². The molecule has 1 atom stereocenters. The van der Waals surface area contributed by atoms with Crippen LogP contribution in [-0.4, -0.2) is 17.9 Å². The monoisotopic (exact) mass is 482 g/mol. The first-order valence-electron chi connectivity index (χ1n) is 11.0. The zero-order chi connectivity index (χ0) is 24.4. The standard InChI is InChI=1S/C28H31ClO3S/c1-6-8-10-16-25(33-22-14-11-9-12-15-22)24(30)18-23-26(19(3)17-20(4)27(23)29)28(31)32-21(5)13-7-2/h6-7,9,11-12,14-17,21H,1-2,8,10,13,18H2,3-5H3/t21-/m1/s1. The number of hydrogen-bond acceptors (Lipinski definition) is 4. The summed E-state index contributed by atoms with van der Waals surface area (Å²) in [4.78, 5) is 28.1. The van der Waals surface area contributed by atoms with Crippen molar-refractivity contribution in [3.8, 4) is 0 Å². The zero-order valence-electron chi connectivity index (χ0n) is 19.5. The average molecular weight is 483 g/mol. The number of carbonyl (C=O) groups excluding carboxylic acids is 2. The van der Waals surface area contributed by atoms with Gasteiger partial charge in [0, 0.05) is 22.8 Å². The molecule has 0 aliphatic heterocycles. The summed E-state index contributed by atoms with van der Waals surface area (Å²) in [6.07, 6.45) is 7.19. The maximum Gasteiger partial charge on any atom is 0.339 e. The minimum Gasteiger partial charge on any atom is -0.459 e. The molecule has 0 bridgehead atoms. The predicted octanol–water partition coefficient (Wildman–Crippen LogP) is 7.83. The Morgan fingerprint density at radius 3 is 2.42 bits per heavy atom. The molecule has 0 saturated carbocycles. The fourth-order valence-corrected chi connectivity index (χ4v) is 4.58. The number of Topliss-reactive ketones (excluding diaryl/α,β-unsaturated/α-hetero) is 1. The van der Waals surface area contributed by atoms with Gasteiger partial charge in [0.2, 0.25) is 0 Å². The highest BCUT2D eigenvalue weighted by molar-refractivity contribution is 8.04. The SMILES string of the molecule is C=CCCC=C(Sc1ccccc1)C(=O)Cc1c(Cl)c(C)cc(C)c1C(=O)O[C@H](C)CC=C. The van der Waals surface area contributed by atoms with Crippen molar-refractivity contribution in [2.75, 3.05) is 0 Å². The number of allylic oxidation sites excluding steroid dienone is 3. The number of hydrogen-bond donors (Lipinski definition) is 0. The molecule has 2 rings (SSSR count). The van der Waals surface area contributed by atoms with Crippen LogP contribution < -0.4 is 0 Å². The normalized spacial score (nSPS) is 12.2. The molecule has 0 spiro atoms. The summed E-state index contributed by atoms with van der Waals surface area (Å²) in [6.45, 7) is 13.0. The van der Waals surface area contributed by atoms with Gasteiger partial charge in [0.15, 0.2) is 5.78 Å². The number of ketones is 1. The van der Waals surface area contributed by atoms with E-state index in [0.717, 1.165) is 22.4 Å². The second kappa shape index (κ2) is 13.2. The molecule has 0 heterocycles. The van der Waals surface area contributed by atoms with Crippen LogP contribution in [0.2, 0.25) is 5.02 Å². The first-order chi connectivity index (χ1) is 15.8. The van der Waals surface area contributed by atoms with Gasteiger partial charge in [-0.25, -0.2) is 4.79 Å². The van der Waals surface area contributed by atoms with E-state index in [1.54, 1.807) is 6.08 Å². The zero-order valence-corrected chi connectivity index (χ0v) is 21.1. The van der Waals surface area contributed by atoms with Gasteiger partial charge in [-0.15, -0.1) is 13.2 Å². The number of thioether (sulfide) groups is 1. The van der Waals surface area contributed by atoms with Crippen molar-refractivity contribution in [3.05, 3.63) is 100.0 Å². The van der Waals surface area contributed by atoms with E-state index in [-0.39, 0.29) is 18.3 Å². The smallest absolute Gasteiger partial charge is 0.339 e. The summed E-state index contributed by atoms with van der Waals surface area (Å²) in [6, 6.07) is 11.6. The first kappa shape index (κ1) is 26.7. The highest BCUT2D eigenvalue weighted by Gasteiger charge is 2.25. The van der Waals surface area contributed by atoms with Crippen molar-refractivity contribution in [2.45, 2.75) is 57.5 Å². The lowest BCUT2D eigenvalue weighted by molar-refractivity contribution is -0.114. The molecule has 0 amide bonds.